The second kappa shape index (κ2) is 8.31. The molecule has 0 aromatic heterocycles. The monoisotopic (exact) mass is 270 g/mol. The minimum absolute atomic E-state index is 0.135. The van der Waals surface area contributed by atoms with E-state index in [2.05, 4.69) is 5.32 Å². The van der Waals surface area contributed by atoms with E-state index < -0.39 is 24.7 Å². The van der Waals surface area contributed by atoms with Crippen LogP contribution in [0.1, 0.15) is 26.7 Å². The molecule has 0 saturated carbocycles. The van der Waals surface area contributed by atoms with E-state index >= 15 is 0 Å². The molecule has 7 heteroatoms. The van der Waals surface area contributed by atoms with Gasteiger partial charge in [-0.15, -0.1) is 0 Å². The number of carbonyl (C=O) groups excluding carboxylic acids is 1. The molecule has 0 rings (SSSR count). The number of hydrogen-bond acceptors (Lipinski definition) is 3. The summed E-state index contributed by atoms with van der Waals surface area (Å²) in [5.41, 5.74) is 0. The van der Waals surface area contributed by atoms with Crippen molar-refractivity contribution in [3.05, 3.63) is 0 Å². The van der Waals surface area contributed by atoms with E-state index in [4.69, 9.17) is 0 Å². The Morgan fingerprint density at radius 3 is 2.28 bits per heavy atom. The minimum atomic E-state index is -4.40. The van der Waals surface area contributed by atoms with Gasteiger partial charge in [0, 0.05) is 6.54 Å². The highest BCUT2D eigenvalue weighted by Gasteiger charge is 2.27. The van der Waals surface area contributed by atoms with Crippen molar-refractivity contribution in [2.45, 2.75) is 39.0 Å². The second-order valence-electron chi connectivity index (χ2n) is 4.17. The summed E-state index contributed by atoms with van der Waals surface area (Å²) in [6, 6.07) is 0. The number of aliphatic hydroxyl groups is 1. The number of nitrogens with one attached hydrogen (secondary N) is 2. The summed E-state index contributed by atoms with van der Waals surface area (Å²) in [5.74, 6) is -0.597. The Bertz CT molecular complexity index is 243. The molecule has 0 aromatic carbocycles. The van der Waals surface area contributed by atoms with Crippen LogP contribution in [0.3, 0.4) is 0 Å². The molecular formula is C11H21F3N2O2. The molecule has 0 aliphatic carbocycles. The lowest BCUT2D eigenvalue weighted by atomic mass is 9.97. The zero-order chi connectivity index (χ0) is 14.2. The Morgan fingerprint density at radius 2 is 1.83 bits per heavy atom. The van der Waals surface area contributed by atoms with Gasteiger partial charge in [-0.1, -0.05) is 26.7 Å². The molecule has 0 fully saturated rings. The van der Waals surface area contributed by atoms with E-state index in [9.17, 15) is 23.1 Å². The fourth-order valence-corrected chi connectivity index (χ4v) is 1.59. The zero-order valence-electron chi connectivity index (χ0n) is 10.7. The van der Waals surface area contributed by atoms with Crippen LogP contribution in [-0.2, 0) is 4.79 Å². The lowest BCUT2D eigenvalue weighted by molar-refractivity contribution is -0.137. The number of carbonyl (C=O) groups is 1. The van der Waals surface area contributed by atoms with Gasteiger partial charge in [-0.3, -0.25) is 4.79 Å². The first-order valence-corrected chi connectivity index (χ1v) is 6.02. The van der Waals surface area contributed by atoms with Gasteiger partial charge < -0.3 is 15.7 Å². The first-order valence-electron chi connectivity index (χ1n) is 6.02. The normalized spacial score (nSPS) is 13.7. The van der Waals surface area contributed by atoms with E-state index in [0.29, 0.717) is 0 Å². The van der Waals surface area contributed by atoms with E-state index in [1.165, 1.54) is 0 Å². The highest BCUT2D eigenvalue weighted by Crippen LogP contribution is 2.12. The summed E-state index contributed by atoms with van der Waals surface area (Å²) >= 11 is 0. The van der Waals surface area contributed by atoms with Crippen LogP contribution in [0.25, 0.3) is 0 Å². The average molecular weight is 270 g/mol. The van der Waals surface area contributed by atoms with Crippen LogP contribution in [0.5, 0.6) is 0 Å². The fourth-order valence-electron chi connectivity index (χ4n) is 1.59. The molecule has 4 nitrogen and oxygen atoms in total. The zero-order valence-corrected chi connectivity index (χ0v) is 10.7. The highest BCUT2D eigenvalue weighted by atomic mass is 19.4. The molecule has 0 saturated heterocycles. The first kappa shape index (κ1) is 17.2. The van der Waals surface area contributed by atoms with Gasteiger partial charge in [0.1, 0.15) is 6.54 Å². The Labute approximate surface area is 105 Å². The number of rotatable bonds is 8. The van der Waals surface area contributed by atoms with Crippen LogP contribution in [0.15, 0.2) is 0 Å². The molecule has 0 heterocycles. The van der Waals surface area contributed by atoms with Crippen LogP contribution in [0, 0.1) is 5.92 Å². The van der Waals surface area contributed by atoms with Crippen molar-refractivity contribution in [3.8, 4) is 0 Å². The molecular weight excluding hydrogens is 249 g/mol. The molecule has 18 heavy (non-hydrogen) atoms. The molecule has 0 radical (unpaired) electrons. The van der Waals surface area contributed by atoms with Gasteiger partial charge in [0.15, 0.2) is 0 Å². The van der Waals surface area contributed by atoms with Crippen molar-refractivity contribution in [1.82, 2.24) is 10.6 Å². The summed E-state index contributed by atoms with van der Waals surface area (Å²) in [5, 5.41) is 14.1. The van der Waals surface area contributed by atoms with Crippen molar-refractivity contribution in [1.29, 1.82) is 0 Å². The number of aliphatic hydroxyl groups excluding tert-OH is 1. The molecule has 1 unspecified atom stereocenters. The van der Waals surface area contributed by atoms with E-state index in [0.717, 1.165) is 12.8 Å². The quantitative estimate of drug-likeness (QED) is 0.618. The van der Waals surface area contributed by atoms with Crippen LogP contribution in [-0.4, -0.2) is 42.9 Å². The van der Waals surface area contributed by atoms with E-state index in [-0.39, 0.29) is 19.0 Å². The summed E-state index contributed by atoms with van der Waals surface area (Å²) in [4.78, 5) is 11.0. The Morgan fingerprint density at radius 1 is 1.28 bits per heavy atom. The molecule has 0 aliphatic rings. The average Bonchev–Trinajstić information content (AvgIpc) is 2.27. The molecule has 0 bridgehead atoms. The number of hydrogen-bond donors (Lipinski definition) is 3. The van der Waals surface area contributed by atoms with Crippen molar-refractivity contribution >= 4 is 5.91 Å². The van der Waals surface area contributed by atoms with Crippen LogP contribution in [0.4, 0.5) is 13.2 Å². The van der Waals surface area contributed by atoms with E-state index in [1.54, 1.807) is 5.32 Å². The van der Waals surface area contributed by atoms with Crippen LogP contribution >= 0.6 is 0 Å². The van der Waals surface area contributed by atoms with Crippen LogP contribution in [0.2, 0.25) is 0 Å². The predicted octanol–water partition coefficient (Wildman–Crippen LogP) is 1.05. The smallest absolute Gasteiger partial charge is 0.392 e. The van der Waals surface area contributed by atoms with Gasteiger partial charge in [-0.25, -0.2) is 0 Å². The van der Waals surface area contributed by atoms with E-state index in [1.807, 2.05) is 13.8 Å². The molecule has 3 N–H and O–H groups in total. The van der Waals surface area contributed by atoms with Gasteiger partial charge in [-0.2, -0.15) is 13.2 Å². The van der Waals surface area contributed by atoms with Crippen LogP contribution < -0.4 is 10.6 Å². The largest absolute Gasteiger partial charge is 0.405 e. The predicted molar refractivity (Wildman–Crippen MR) is 62.0 cm³/mol. The lowest BCUT2D eigenvalue weighted by Gasteiger charge is -2.20. The van der Waals surface area contributed by atoms with Gasteiger partial charge in [-0.05, 0) is 5.92 Å². The summed E-state index contributed by atoms with van der Waals surface area (Å²) in [6.45, 7) is 2.54. The van der Waals surface area contributed by atoms with Crippen molar-refractivity contribution < 1.29 is 23.1 Å². The maximum atomic E-state index is 11.8. The Kier molecular flexibility index (Phi) is 7.93. The van der Waals surface area contributed by atoms with Gasteiger partial charge in [0.05, 0.1) is 12.6 Å². The molecule has 1 atom stereocenters. The molecule has 0 aliphatic heterocycles. The summed E-state index contributed by atoms with van der Waals surface area (Å²) in [7, 11) is 0. The number of amides is 1. The maximum Gasteiger partial charge on any atom is 0.405 e. The minimum Gasteiger partial charge on any atom is -0.392 e. The fraction of sp³-hybridized carbons (Fsp3) is 0.909. The highest BCUT2D eigenvalue weighted by molar-refractivity contribution is 5.77. The maximum absolute atomic E-state index is 11.8. The molecule has 0 spiro atoms. The van der Waals surface area contributed by atoms with Crippen molar-refractivity contribution in [3.63, 3.8) is 0 Å². The van der Waals surface area contributed by atoms with Gasteiger partial charge in [0.2, 0.25) is 5.91 Å². The summed E-state index contributed by atoms with van der Waals surface area (Å²) in [6.07, 6.45) is -3.35. The topological polar surface area (TPSA) is 61.4 Å². The Hall–Kier alpha value is -0.820. The number of halogens is 3. The number of alkyl halides is 3. The third-order valence-corrected chi connectivity index (χ3v) is 2.72. The first-order chi connectivity index (χ1) is 8.30. The standard InChI is InChI=1S/C11H21F3N2O2/c1-3-8(4-2)9(17)5-15-6-10(18)16-7-11(12,13)14/h8-9,15,17H,3-7H2,1-2H3,(H,16,18). The molecule has 0 aromatic rings. The van der Waals surface area contributed by atoms with Gasteiger partial charge >= 0.3 is 6.18 Å². The Balaban J connectivity index is 3.74. The van der Waals surface area contributed by atoms with Crippen molar-refractivity contribution in [2.24, 2.45) is 5.92 Å². The van der Waals surface area contributed by atoms with Gasteiger partial charge in [0.25, 0.3) is 0 Å². The van der Waals surface area contributed by atoms with Crippen molar-refractivity contribution in [2.75, 3.05) is 19.6 Å². The second-order valence-corrected chi connectivity index (χ2v) is 4.17. The SMILES string of the molecule is CCC(CC)C(O)CNCC(=O)NCC(F)(F)F. The molecule has 108 valence electrons. The lowest BCUT2D eigenvalue weighted by Crippen LogP contribution is -2.42. The summed E-state index contributed by atoms with van der Waals surface area (Å²) < 4.78 is 35.4. The third kappa shape index (κ3) is 8.30. The molecule has 1 amide bonds. The third-order valence-electron chi connectivity index (χ3n) is 2.72.